The molecule has 2 saturated heterocycles. The van der Waals surface area contributed by atoms with Gasteiger partial charge < -0.3 is 9.80 Å². The molecule has 2 atom stereocenters. The van der Waals surface area contributed by atoms with Crippen LogP contribution in [0.1, 0.15) is 20.3 Å². The minimum atomic E-state index is -0.278. The highest BCUT2D eigenvalue weighted by Gasteiger charge is 2.38. The molecule has 1 aromatic carbocycles. The van der Waals surface area contributed by atoms with Crippen LogP contribution in [0.5, 0.6) is 0 Å². The first-order valence-corrected chi connectivity index (χ1v) is 9.41. The largest absolute Gasteiger partial charge is 0.346 e. The molecule has 6 heteroatoms. The quantitative estimate of drug-likeness (QED) is 0.836. The maximum atomic E-state index is 13.8. The summed E-state index contributed by atoms with van der Waals surface area (Å²) in [5, 5.41) is 0.819. The minimum Gasteiger partial charge on any atom is -0.346 e. The van der Waals surface area contributed by atoms with E-state index in [1.165, 1.54) is 23.8 Å². The number of nitrogens with zero attached hydrogens (tertiary/aromatic N) is 3. The van der Waals surface area contributed by atoms with Gasteiger partial charge in [-0.05, 0) is 30.4 Å². The van der Waals surface area contributed by atoms with Crippen LogP contribution in [-0.4, -0.2) is 42.0 Å². The molecule has 0 radical (unpaired) electrons. The fourth-order valence-corrected chi connectivity index (χ4v) is 4.93. The van der Waals surface area contributed by atoms with Gasteiger partial charge in [-0.25, -0.2) is 9.37 Å². The predicted octanol–water partition coefficient (Wildman–Crippen LogP) is 3.38. The van der Waals surface area contributed by atoms with Crippen molar-refractivity contribution in [3.05, 3.63) is 24.0 Å². The van der Waals surface area contributed by atoms with E-state index in [-0.39, 0.29) is 17.6 Å². The lowest BCUT2D eigenvalue weighted by atomic mass is 9.90. The normalized spacial score (nSPS) is 25.1. The topological polar surface area (TPSA) is 36.4 Å². The Labute approximate surface area is 145 Å². The van der Waals surface area contributed by atoms with Gasteiger partial charge >= 0.3 is 0 Å². The highest BCUT2D eigenvalue weighted by Crippen LogP contribution is 2.34. The molecule has 2 aliphatic heterocycles. The van der Waals surface area contributed by atoms with Gasteiger partial charge in [0.05, 0.1) is 10.6 Å². The number of likely N-dealkylation sites (tertiary alicyclic amines) is 1. The first-order valence-electron chi connectivity index (χ1n) is 8.60. The van der Waals surface area contributed by atoms with E-state index < -0.39 is 0 Å². The number of para-hydroxylation sites is 1. The van der Waals surface area contributed by atoms with Crippen molar-refractivity contribution in [2.45, 2.75) is 20.3 Å². The lowest BCUT2D eigenvalue weighted by Gasteiger charge is -2.43. The van der Waals surface area contributed by atoms with Crippen LogP contribution in [-0.2, 0) is 4.79 Å². The number of hydrogen-bond acceptors (Lipinski definition) is 4. The van der Waals surface area contributed by atoms with Gasteiger partial charge in [0, 0.05) is 26.2 Å². The van der Waals surface area contributed by atoms with Crippen LogP contribution < -0.4 is 4.90 Å². The molecule has 4 rings (SSSR count). The van der Waals surface area contributed by atoms with Crippen LogP contribution in [0.25, 0.3) is 10.2 Å². The van der Waals surface area contributed by atoms with Gasteiger partial charge in [-0.3, -0.25) is 4.79 Å². The van der Waals surface area contributed by atoms with E-state index in [2.05, 4.69) is 23.7 Å². The van der Waals surface area contributed by atoms with Crippen molar-refractivity contribution < 1.29 is 9.18 Å². The van der Waals surface area contributed by atoms with Crippen molar-refractivity contribution in [2.24, 2.45) is 17.8 Å². The van der Waals surface area contributed by atoms with Gasteiger partial charge in [0.2, 0.25) is 5.91 Å². The molecule has 0 bridgehead atoms. The van der Waals surface area contributed by atoms with Gasteiger partial charge in [-0.1, -0.05) is 31.3 Å². The first-order chi connectivity index (χ1) is 11.5. The Balaban J connectivity index is 1.42. The molecule has 0 aliphatic carbocycles. The third kappa shape index (κ3) is 2.77. The average molecular weight is 347 g/mol. The number of benzene rings is 1. The van der Waals surface area contributed by atoms with Gasteiger partial charge in [-0.2, -0.15) is 0 Å². The molecule has 4 nitrogen and oxygen atoms in total. The standard InChI is InChI=1S/C18H22FN3OS/c1-11-6-12(2)8-21(7-11)17(23)13-9-22(10-13)18-20-16-14(19)4-3-5-15(16)24-18/h3-5,11-13H,6-10H2,1-2H3. The highest BCUT2D eigenvalue weighted by atomic mass is 32.1. The zero-order valence-electron chi connectivity index (χ0n) is 14.0. The molecule has 1 aromatic heterocycles. The number of hydrogen-bond donors (Lipinski definition) is 0. The molecule has 2 aliphatic rings. The number of fused-ring (bicyclic) bond motifs is 1. The number of anilines is 1. The van der Waals surface area contributed by atoms with Crippen LogP contribution in [0.4, 0.5) is 9.52 Å². The highest BCUT2D eigenvalue weighted by molar-refractivity contribution is 7.22. The molecule has 128 valence electrons. The van der Waals surface area contributed by atoms with E-state index >= 15 is 0 Å². The van der Waals surface area contributed by atoms with E-state index in [4.69, 9.17) is 0 Å². The third-order valence-corrected chi connectivity index (χ3v) is 6.12. The SMILES string of the molecule is CC1CC(C)CN(C(=O)C2CN(c3nc4c(F)cccc4s3)C2)C1. The van der Waals surface area contributed by atoms with Crippen LogP contribution in [0.15, 0.2) is 18.2 Å². The van der Waals surface area contributed by atoms with Gasteiger partial charge in [-0.15, -0.1) is 0 Å². The smallest absolute Gasteiger partial charge is 0.229 e. The molecule has 0 saturated carbocycles. The number of aromatic nitrogens is 1. The van der Waals surface area contributed by atoms with Crippen LogP contribution >= 0.6 is 11.3 Å². The van der Waals surface area contributed by atoms with E-state index in [1.807, 2.05) is 11.0 Å². The van der Waals surface area contributed by atoms with E-state index in [1.54, 1.807) is 6.07 Å². The summed E-state index contributed by atoms with van der Waals surface area (Å²) >= 11 is 1.50. The van der Waals surface area contributed by atoms with Gasteiger partial charge in [0.25, 0.3) is 0 Å². The number of rotatable bonds is 2. The lowest BCUT2D eigenvalue weighted by molar-refractivity contribution is -0.139. The Bertz CT molecular complexity index is 761. The van der Waals surface area contributed by atoms with E-state index in [0.29, 0.717) is 30.4 Å². The molecule has 0 N–H and O–H groups in total. The number of carbonyl (C=O) groups is 1. The van der Waals surface area contributed by atoms with Crippen LogP contribution in [0.2, 0.25) is 0 Å². The number of halogens is 1. The summed E-state index contributed by atoms with van der Waals surface area (Å²) in [4.78, 5) is 21.2. The second-order valence-corrected chi connectivity index (χ2v) is 8.38. The molecule has 1 amide bonds. The molecule has 2 unspecified atom stereocenters. The first kappa shape index (κ1) is 15.8. The Morgan fingerprint density at radius 3 is 2.58 bits per heavy atom. The van der Waals surface area contributed by atoms with Crippen LogP contribution in [0, 0.1) is 23.6 Å². The summed E-state index contributed by atoms with van der Waals surface area (Å²) in [6.45, 7) is 7.59. The maximum absolute atomic E-state index is 13.8. The monoisotopic (exact) mass is 347 g/mol. The summed E-state index contributed by atoms with van der Waals surface area (Å²) < 4.78 is 14.6. The fraction of sp³-hybridized carbons (Fsp3) is 0.556. The number of amides is 1. The third-order valence-electron chi connectivity index (χ3n) is 5.04. The van der Waals surface area contributed by atoms with E-state index in [0.717, 1.165) is 22.9 Å². The van der Waals surface area contributed by atoms with Crippen molar-refractivity contribution in [3.8, 4) is 0 Å². The number of piperidine rings is 1. The Morgan fingerprint density at radius 1 is 1.21 bits per heavy atom. The second kappa shape index (κ2) is 5.99. The van der Waals surface area contributed by atoms with Gasteiger partial charge in [0.15, 0.2) is 5.13 Å². The number of carbonyl (C=O) groups excluding carboxylic acids is 1. The maximum Gasteiger partial charge on any atom is 0.229 e. The van der Waals surface area contributed by atoms with E-state index in [9.17, 15) is 9.18 Å². The van der Waals surface area contributed by atoms with Crippen molar-refractivity contribution in [3.63, 3.8) is 0 Å². The van der Waals surface area contributed by atoms with Crippen molar-refractivity contribution in [1.82, 2.24) is 9.88 Å². The molecule has 0 spiro atoms. The summed E-state index contributed by atoms with van der Waals surface area (Å²) in [6.07, 6.45) is 1.21. The molecule has 2 aromatic rings. The van der Waals surface area contributed by atoms with Crippen molar-refractivity contribution in [2.75, 3.05) is 31.1 Å². The second-order valence-electron chi connectivity index (χ2n) is 7.37. The summed E-state index contributed by atoms with van der Waals surface area (Å²) in [6, 6.07) is 5.03. The molecular formula is C18H22FN3OS. The molecule has 2 fully saturated rings. The summed E-state index contributed by atoms with van der Waals surface area (Å²) in [5.74, 6) is 1.22. The average Bonchev–Trinajstić information content (AvgIpc) is 2.89. The fourth-order valence-electron chi connectivity index (χ4n) is 3.93. The van der Waals surface area contributed by atoms with Gasteiger partial charge in [0.1, 0.15) is 11.3 Å². The Morgan fingerprint density at radius 2 is 1.92 bits per heavy atom. The summed E-state index contributed by atoms with van der Waals surface area (Å²) in [5.41, 5.74) is 0.436. The van der Waals surface area contributed by atoms with Crippen molar-refractivity contribution >= 4 is 32.6 Å². The van der Waals surface area contributed by atoms with Crippen molar-refractivity contribution in [1.29, 1.82) is 0 Å². The number of thiazole rings is 1. The van der Waals surface area contributed by atoms with Crippen LogP contribution in [0.3, 0.4) is 0 Å². The minimum absolute atomic E-state index is 0.0550. The zero-order valence-corrected chi connectivity index (χ0v) is 14.9. The Hall–Kier alpha value is -1.69. The molecular weight excluding hydrogens is 325 g/mol. The lowest BCUT2D eigenvalue weighted by Crippen LogP contribution is -2.56. The Kier molecular flexibility index (Phi) is 3.95. The summed E-state index contributed by atoms with van der Waals surface area (Å²) in [7, 11) is 0. The predicted molar refractivity (Wildman–Crippen MR) is 94.8 cm³/mol. The molecule has 3 heterocycles. The molecule has 24 heavy (non-hydrogen) atoms. The zero-order chi connectivity index (χ0) is 16.8.